The fraction of sp³-hybridized carbons (Fsp3) is 0.500. The summed E-state index contributed by atoms with van der Waals surface area (Å²) in [5, 5.41) is 0.0921. The minimum Gasteiger partial charge on any atom is -0.378 e. The second kappa shape index (κ2) is 12.7. The van der Waals surface area contributed by atoms with E-state index in [0.717, 1.165) is 5.56 Å². The van der Waals surface area contributed by atoms with E-state index in [1.165, 1.54) is 14.2 Å². The van der Waals surface area contributed by atoms with Crippen LogP contribution in [-0.4, -0.2) is 54.1 Å². The van der Waals surface area contributed by atoms with Crippen LogP contribution in [0.15, 0.2) is 41.0 Å². The van der Waals surface area contributed by atoms with E-state index in [4.69, 9.17) is 29.7 Å². The Hall–Kier alpha value is -0.640. The zero-order chi connectivity index (χ0) is 17.8. The lowest BCUT2D eigenvalue weighted by Gasteiger charge is -2.28. The molecule has 0 spiro atoms. The molecule has 23 heavy (non-hydrogen) atoms. The van der Waals surface area contributed by atoms with Gasteiger partial charge in [0, 0.05) is 27.8 Å². The first-order valence-corrected chi connectivity index (χ1v) is 8.64. The van der Waals surface area contributed by atoms with Crippen LogP contribution in [0.4, 0.5) is 0 Å². The fourth-order valence-electron chi connectivity index (χ4n) is 1.99. The summed E-state index contributed by atoms with van der Waals surface area (Å²) < 4.78 is 15.7. The third kappa shape index (κ3) is 7.19. The molecule has 1 N–H and O–H groups in total. The lowest BCUT2D eigenvalue weighted by Crippen LogP contribution is -2.34. The average Bonchev–Trinajstić information content (AvgIpc) is 2.62. The highest BCUT2D eigenvalue weighted by molar-refractivity contribution is 7.53. The molecular weight excluding hydrogens is 309 g/mol. The van der Waals surface area contributed by atoms with Crippen molar-refractivity contribution < 1.29 is 18.9 Å². The van der Waals surface area contributed by atoms with Crippen molar-refractivity contribution in [1.82, 2.24) is 0 Å². The Bertz CT molecular complexity index is 457. The Morgan fingerprint density at radius 1 is 1.09 bits per heavy atom. The van der Waals surface area contributed by atoms with Crippen molar-refractivity contribution >= 4 is 24.1 Å². The first kappa shape index (κ1) is 22.4. The van der Waals surface area contributed by atoms with Gasteiger partial charge in [-0.2, -0.15) is 0 Å². The predicted octanol–water partition coefficient (Wildman–Crippen LogP) is 2.74. The number of methoxy groups -OCH3 is 2. The van der Waals surface area contributed by atoms with Gasteiger partial charge >= 0.3 is 0 Å². The highest BCUT2D eigenvalue weighted by Crippen LogP contribution is 2.40. The van der Waals surface area contributed by atoms with Gasteiger partial charge in [0.25, 0.3) is 0 Å². The molecule has 0 bridgehead atoms. The zero-order valence-corrected chi connectivity index (χ0v) is 15.4. The Kier molecular flexibility index (Phi) is 12.4. The van der Waals surface area contributed by atoms with E-state index in [0.29, 0.717) is 6.42 Å². The third-order valence-electron chi connectivity index (χ3n) is 3.16. The molecular formula is C16H25B2O4P. The first-order chi connectivity index (χ1) is 11.0. The van der Waals surface area contributed by atoms with Gasteiger partial charge < -0.3 is 18.9 Å². The Labute approximate surface area is 144 Å². The number of rotatable bonds is 8. The molecule has 4 radical (unpaired) electrons. The van der Waals surface area contributed by atoms with E-state index < -0.39 is 14.5 Å². The lowest BCUT2D eigenvalue weighted by molar-refractivity contribution is -0.0130. The molecule has 3 atom stereocenters. The molecule has 7 heteroatoms. The van der Waals surface area contributed by atoms with Crippen LogP contribution in [0.3, 0.4) is 0 Å². The van der Waals surface area contributed by atoms with Crippen molar-refractivity contribution in [3.8, 4) is 0 Å². The molecule has 0 aliphatic heterocycles. The molecule has 0 saturated carbocycles. The number of hydrogen-bond donors (Lipinski definition) is 1. The van der Waals surface area contributed by atoms with Gasteiger partial charge in [0.2, 0.25) is 0 Å². The SMILES string of the molecule is CC.[B]/C(=C(/[B])P(O)OC)C(OC)[C@H](Cc1ccccc1)OC. The summed E-state index contributed by atoms with van der Waals surface area (Å²) in [6.45, 7) is 4.00. The standard InChI is InChI=1S/C14H19B2O4P.C2H6/c1-18-11(9-10-7-5-4-6-8-10)13(19-2)12(15)14(16)21(17)20-3;1-2/h4-8,11,13,17H,9H2,1-3H3;1-2H3/b14-12-;/t11-,13?,21?;/m0./s1. The van der Waals surface area contributed by atoms with Crippen molar-refractivity contribution in [2.24, 2.45) is 0 Å². The molecule has 1 rings (SSSR count). The van der Waals surface area contributed by atoms with E-state index in [1.54, 1.807) is 7.11 Å². The van der Waals surface area contributed by atoms with Crippen LogP contribution in [0, 0.1) is 0 Å². The maximum atomic E-state index is 9.67. The second-order valence-corrected chi connectivity index (χ2v) is 5.81. The van der Waals surface area contributed by atoms with Crippen LogP contribution in [0.25, 0.3) is 0 Å². The predicted molar refractivity (Wildman–Crippen MR) is 97.8 cm³/mol. The highest BCUT2D eigenvalue weighted by atomic mass is 31.2. The maximum Gasteiger partial charge on any atom is 0.185 e. The van der Waals surface area contributed by atoms with Gasteiger partial charge in [-0.25, -0.2) is 0 Å². The largest absolute Gasteiger partial charge is 0.378 e. The van der Waals surface area contributed by atoms with E-state index in [-0.39, 0.29) is 16.8 Å². The van der Waals surface area contributed by atoms with Crippen LogP contribution in [-0.2, 0) is 20.4 Å². The third-order valence-corrected chi connectivity index (χ3v) is 4.17. The van der Waals surface area contributed by atoms with Crippen LogP contribution < -0.4 is 0 Å². The minimum absolute atomic E-state index is 0.0921. The lowest BCUT2D eigenvalue weighted by atomic mass is 9.81. The summed E-state index contributed by atoms with van der Waals surface area (Å²) >= 11 is 0. The fourth-order valence-corrected chi connectivity index (χ4v) is 2.54. The summed E-state index contributed by atoms with van der Waals surface area (Å²) in [6, 6.07) is 9.85. The quantitative estimate of drug-likeness (QED) is 0.587. The molecule has 0 aliphatic rings. The van der Waals surface area contributed by atoms with Crippen molar-refractivity contribution in [2.75, 3.05) is 21.3 Å². The topological polar surface area (TPSA) is 47.9 Å². The van der Waals surface area contributed by atoms with Gasteiger partial charge in [0.15, 0.2) is 8.38 Å². The van der Waals surface area contributed by atoms with Crippen LogP contribution >= 0.6 is 8.38 Å². The zero-order valence-electron chi connectivity index (χ0n) is 14.5. The Morgan fingerprint density at radius 3 is 2.09 bits per heavy atom. The van der Waals surface area contributed by atoms with Crippen molar-refractivity contribution in [3.63, 3.8) is 0 Å². The molecule has 0 heterocycles. The molecule has 0 fully saturated rings. The summed E-state index contributed by atoms with van der Waals surface area (Å²) in [7, 11) is 14.4. The molecule has 1 aromatic carbocycles. The summed E-state index contributed by atoms with van der Waals surface area (Å²) in [4.78, 5) is 9.67. The Morgan fingerprint density at radius 2 is 1.65 bits per heavy atom. The highest BCUT2D eigenvalue weighted by Gasteiger charge is 2.25. The molecule has 0 aliphatic carbocycles. The Balaban J connectivity index is 0.00000232. The van der Waals surface area contributed by atoms with Gasteiger partial charge in [0.1, 0.15) is 15.7 Å². The van der Waals surface area contributed by atoms with E-state index in [1.807, 2.05) is 44.2 Å². The van der Waals surface area contributed by atoms with Gasteiger partial charge in [0.05, 0.1) is 12.2 Å². The van der Waals surface area contributed by atoms with E-state index >= 15 is 0 Å². The summed E-state index contributed by atoms with van der Waals surface area (Å²) in [5.74, 6) is 0. The van der Waals surface area contributed by atoms with Gasteiger partial charge in [-0.15, -0.1) is 0 Å². The van der Waals surface area contributed by atoms with Crippen LogP contribution in [0.1, 0.15) is 19.4 Å². The number of ether oxygens (including phenoxy) is 2. The normalized spacial score (nSPS) is 15.7. The van der Waals surface area contributed by atoms with Gasteiger partial charge in [-0.3, -0.25) is 0 Å². The van der Waals surface area contributed by atoms with Crippen molar-refractivity contribution in [1.29, 1.82) is 0 Å². The van der Waals surface area contributed by atoms with Gasteiger partial charge in [-0.05, 0) is 5.56 Å². The van der Waals surface area contributed by atoms with Crippen molar-refractivity contribution in [3.05, 3.63) is 46.6 Å². The van der Waals surface area contributed by atoms with E-state index in [2.05, 4.69) is 0 Å². The first-order valence-electron chi connectivity index (χ1n) is 7.42. The molecule has 0 saturated heterocycles. The molecule has 4 nitrogen and oxygen atoms in total. The molecule has 0 aromatic heterocycles. The maximum absolute atomic E-state index is 9.67. The van der Waals surface area contributed by atoms with Crippen LogP contribution in [0.5, 0.6) is 0 Å². The summed E-state index contributed by atoms with van der Waals surface area (Å²) in [5.41, 5.74) is 1.33. The van der Waals surface area contributed by atoms with E-state index in [9.17, 15) is 4.89 Å². The minimum atomic E-state index is -1.91. The average molecular weight is 334 g/mol. The number of hydrogen-bond acceptors (Lipinski definition) is 4. The smallest absolute Gasteiger partial charge is 0.185 e. The molecule has 2 unspecified atom stereocenters. The van der Waals surface area contributed by atoms with Gasteiger partial charge in [-0.1, -0.05) is 54.9 Å². The molecule has 124 valence electrons. The molecule has 1 aromatic rings. The molecule has 0 amide bonds. The number of benzene rings is 1. The second-order valence-electron chi connectivity index (χ2n) is 4.42. The summed E-state index contributed by atoms with van der Waals surface area (Å²) in [6.07, 6.45) is -0.279. The van der Waals surface area contributed by atoms with Crippen molar-refractivity contribution in [2.45, 2.75) is 32.5 Å². The monoisotopic (exact) mass is 334 g/mol. The van der Waals surface area contributed by atoms with Crippen LogP contribution in [0.2, 0.25) is 0 Å².